The summed E-state index contributed by atoms with van der Waals surface area (Å²) in [5.41, 5.74) is 0.626. The van der Waals surface area contributed by atoms with E-state index in [1.54, 1.807) is 26.0 Å². The molecule has 3 N–H and O–H groups in total. The van der Waals surface area contributed by atoms with E-state index in [1.807, 2.05) is 18.3 Å². The molecule has 9 heteroatoms. The Morgan fingerprint density at radius 1 is 1.06 bits per heavy atom. The average molecular weight is 463 g/mol. The third-order valence-electron chi connectivity index (χ3n) is 6.03. The van der Waals surface area contributed by atoms with Crippen LogP contribution in [0.15, 0.2) is 48.9 Å². The highest BCUT2D eigenvalue weighted by molar-refractivity contribution is 5.88. The molecule has 34 heavy (non-hydrogen) atoms. The van der Waals surface area contributed by atoms with Crippen LogP contribution in [0.25, 0.3) is 22.2 Å². The number of rotatable bonds is 5. The van der Waals surface area contributed by atoms with Gasteiger partial charge in [-0.1, -0.05) is 6.07 Å². The van der Waals surface area contributed by atoms with Gasteiger partial charge in [0.05, 0.1) is 11.8 Å². The van der Waals surface area contributed by atoms with Gasteiger partial charge in [0.1, 0.15) is 22.8 Å². The number of nitrogens with one attached hydrogen (secondary N) is 2. The summed E-state index contributed by atoms with van der Waals surface area (Å²) in [4.78, 5) is 16.8. The van der Waals surface area contributed by atoms with E-state index in [-0.39, 0.29) is 22.7 Å². The second-order valence-corrected chi connectivity index (χ2v) is 8.95. The van der Waals surface area contributed by atoms with E-state index >= 15 is 0 Å². The SMILES string of the molecule is CC(C)(O)c1ccnc2c(F)cc(-c3nc(Nc4ccc(C5CCNC5)cn4)ncc3F)cc12. The number of nitrogens with zero attached hydrogens (tertiary/aromatic N) is 4. The summed E-state index contributed by atoms with van der Waals surface area (Å²) in [5.74, 6) is -0.236. The maximum Gasteiger partial charge on any atom is 0.229 e. The molecule has 0 aliphatic carbocycles. The topological polar surface area (TPSA) is 95.9 Å². The smallest absolute Gasteiger partial charge is 0.229 e. The molecule has 174 valence electrons. The Labute approximate surface area is 195 Å². The number of hydrogen-bond acceptors (Lipinski definition) is 7. The number of hydrogen-bond donors (Lipinski definition) is 3. The highest BCUT2D eigenvalue weighted by Gasteiger charge is 2.22. The lowest BCUT2D eigenvalue weighted by molar-refractivity contribution is 0.0801. The minimum absolute atomic E-state index is 0.0718. The molecule has 0 spiro atoms. The Kier molecular flexibility index (Phi) is 5.66. The number of benzene rings is 1. The summed E-state index contributed by atoms with van der Waals surface area (Å²) in [6, 6.07) is 8.21. The monoisotopic (exact) mass is 462 g/mol. The van der Waals surface area contributed by atoms with Gasteiger partial charge in [0.25, 0.3) is 0 Å². The van der Waals surface area contributed by atoms with Crippen molar-refractivity contribution in [1.82, 2.24) is 25.3 Å². The lowest BCUT2D eigenvalue weighted by atomic mass is 9.93. The van der Waals surface area contributed by atoms with Gasteiger partial charge in [0, 0.05) is 29.9 Å². The lowest BCUT2D eigenvalue weighted by Crippen LogP contribution is -2.16. The molecule has 5 rings (SSSR count). The van der Waals surface area contributed by atoms with Gasteiger partial charge in [-0.2, -0.15) is 0 Å². The second kappa shape index (κ2) is 8.66. The fourth-order valence-electron chi connectivity index (χ4n) is 4.29. The molecule has 1 aliphatic heterocycles. The first-order valence-electron chi connectivity index (χ1n) is 11.1. The van der Waals surface area contributed by atoms with E-state index in [2.05, 4.69) is 30.6 Å². The summed E-state index contributed by atoms with van der Waals surface area (Å²) in [6.07, 6.45) is 5.36. The van der Waals surface area contributed by atoms with Crippen LogP contribution in [0.5, 0.6) is 0 Å². The molecule has 0 saturated carbocycles. The molecule has 1 aliphatic rings. The van der Waals surface area contributed by atoms with Gasteiger partial charge >= 0.3 is 0 Å². The van der Waals surface area contributed by atoms with Crippen LogP contribution in [0.4, 0.5) is 20.5 Å². The Balaban J connectivity index is 1.49. The van der Waals surface area contributed by atoms with Crippen molar-refractivity contribution in [3.05, 3.63) is 71.7 Å². The molecular formula is C25H24F2N6O. The molecule has 0 radical (unpaired) electrons. The molecule has 3 aromatic heterocycles. The highest BCUT2D eigenvalue weighted by atomic mass is 19.1. The van der Waals surface area contributed by atoms with Gasteiger partial charge in [-0.15, -0.1) is 0 Å². The third kappa shape index (κ3) is 4.32. The van der Waals surface area contributed by atoms with Crippen molar-refractivity contribution in [2.45, 2.75) is 31.8 Å². The molecule has 4 aromatic rings. The Hall–Kier alpha value is -3.56. The van der Waals surface area contributed by atoms with Crippen molar-refractivity contribution in [2.24, 2.45) is 0 Å². The summed E-state index contributed by atoms with van der Waals surface area (Å²) < 4.78 is 29.6. The molecule has 1 saturated heterocycles. The van der Waals surface area contributed by atoms with E-state index in [1.165, 1.54) is 12.3 Å². The minimum Gasteiger partial charge on any atom is -0.386 e. The zero-order chi connectivity index (χ0) is 23.9. The van der Waals surface area contributed by atoms with Crippen molar-refractivity contribution in [1.29, 1.82) is 0 Å². The van der Waals surface area contributed by atoms with Crippen LogP contribution >= 0.6 is 0 Å². The van der Waals surface area contributed by atoms with Gasteiger partial charge in [-0.3, -0.25) is 4.98 Å². The molecule has 4 heterocycles. The van der Waals surface area contributed by atoms with Gasteiger partial charge in [0.15, 0.2) is 5.82 Å². The van der Waals surface area contributed by atoms with Gasteiger partial charge < -0.3 is 15.7 Å². The Morgan fingerprint density at radius 2 is 1.91 bits per heavy atom. The zero-order valence-electron chi connectivity index (χ0n) is 18.8. The largest absolute Gasteiger partial charge is 0.386 e. The van der Waals surface area contributed by atoms with E-state index in [0.29, 0.717) is 22.7 Å². The van der Waals surface area contributed by atoms with E-state index in [9.17, 15) is 13.9 Å². The number of halogens is 2. The van der Waals surface area contributed by atoms with E-state index < -0.39 is 17.2 Å². The number of aromatic nitrogens is 4. The Bertz CT molecular complexity index is 1350. The fourth-order valence-corrected chi connectivity index (χ4v) is 4.29. The maximum absolute atomic E-state index is 14.9. The van der Waals surface area contributed by atoms with Gasteiger partial charge in [0.2, 0.25) is 5.95 Å². The predicted molar refractivity (Wildman–Crippen MR) is 126 cm³/mol. The van der Waals surface area contributed by atoms with Crippen molar-refractivity contribution < 1.29 is 13.9 Å². The van der Waals surface area contributed by atoms with Crippen molar-refractivity contribution >= 4 is 22.7 Å². The standard InChI is InChI=1S/C25H24F2N6O/c1-25(2,34)18-6-8-29-23-17(18)9-16(10-19(23)26)22-20(27)13-31-24(33-22)32-21-4-3-14(12-30-21)15-5-7-28-11-15/h3-4,6,8-10,12-13,15,28,34H,5,7,11H2,1-2H3,(H,30,31,32,33). The molecule has 1 fully saturated rings. The number of pyridine rings is 2. The summed E-state index contributed by atoms with van der Waals surface area (Å²) in [7, 11) is 0. The van der Waals surface area contributed by atoms with Crippen LogP contribution in [-0.4, -0.2) is 38.1 Å². The molecule has 1 unspecified atom stereocenters. The normalized spacial score (nSPS) is 16.2. The quantitative estimate of drug-likeness (QED) is 0.404. The minimum atomic E-state index is -1.24. The molecule has 0 amide bonds. The predicted octanol–water partition coefficient (Wildman–Crippen LogP) is 4.41. The van der Waals surface area contributed by atoms with Crippen molar-refractivity contribution in [3.63, 3.8) is 0 Å². The number of fused-ring (bicyclic) bond motifs is 1. The van der Waals surface area contributed by atoms with Crippen LogP contribution in [-0.2, 0) is 5.60 Å². The molecular weight excluding hydrogens is 438 g/mol. The molecule has 0 bridgehead atoms. The zero-order valence-corrected chi connectivity index (χ0v) is 18.8. The maximum atomic E-state index is 14.9. The van der Waals surface area contributed by atoms with Crippen LogP contribution in [0.1, 0.15) is 37.3 Å². The first-order valence-corrected chi connectivity index (χ1v) is 11.1. The number of anilines is 2. The first-order chi connectivity index (χ1) is 16.3. The van der Waals surface area contributed by atoms with Crippen LogP contribution < -0.4 is 10.6 Å². The van der Waals surface area contributed by atoms with Crippen LogP contribution in [0, 0.1) is 11.6 Å². The number of aliphatic hydroxyl groups is 1. The van der Waals surface area contributed by atoms with Gasteiger partial charge in [-0.05, 0) is 68.1 Å². The lowest BCUT2D eigenvalue weighted by Gasteiger charge is -2.20. The van der Waals surface area contributed by atoms with Crippen molar-refractivity contribution in [2.75, 3.05) is 18.4 Å². The molecule has 1 aromatic carbocycles. The summed E-state index contributed by atoms with van der Waals surface area (Å²) >= 11 is 0. The van der Waals surface area contributed by atoms with E-state index in [0.717, 1.165) is 31.3 Å². The third-order valence-corrected chi connectivity index (χ3v) is 6.03. The highest BCUT2D eigenvalue weighted by Crippen LogP contribution is 2.33. The summed E-state index contributed by atoms with van der Waals surface area (Å²) in [5, 5.41) is 17.2. The van der Waals surface area contributed by atoms with Crippen LogP contribution in [0.3, 0.4) is 0 Å². The molecule has 1 atom stereocenters. The first kappa shape index (κ1) is 22.2. The van der Waals surface area contributed by atoms with Crippen LogP contribution in [0.2, 0.25) is 0 Å². The average Bonchev–Trinajstić information content (AvgIpc) is 3.35. The fraction of sp³-hybridized carbons (Fsp3) is 0.280. The van der Waals surface area contributed by atoms with E-state index in [4.69, 9.17) is 0 Å². The second-order valence-electron chi connectivity index (χ2n) is 8.95. The van der Waals surface area contributed by atoms with Gasteiger partial charge in [-0.25, -0.2) is 23.7 Å². The molecule has 7 nitrogen and oxygen atoms in total. The summed E-state index contributed by atoms with van der Waals surface area (Å²) in [6.45, 7) is 5.13. The Morgan fingerprint density at radius 3 is 2.62 bits per heavy atom. The van der Waals surface area contributed by atoms with Crippen molar-refractivity contribution in [3.8, 4) is 11.3 Å².